The van der Waals surface area contributed by atoms with E-state index in [9.17, 15) is 0 Å². The van der Waals surface area contributed by atoms with Gasteiger partial charge < -0.3 is 10.3 Å². The summed E-state index contributed by atoms with van der Waals surface area (Å²) >= 11 is 0. The van der Waals surface area contributed by atoms with Crippen molar-refractivity contribution in [2.75, 3.05) is 7.05 Å². The highest BCUT2D eigenvalue weighted by Gasteiger charge is 2.11. The second-order valence-electron chi connectivity index (χ2n) is 3.54. The molecule has 2 N–H and O–H groups in total. The van der Waals surface area contributed by atoms with Gasteiger partial charge in [0.15, 0.2) is 0 Å². The Hall–Kier alpha value is -0.760. The fourth-order valence-corrected chi connectivity index (χ4v) is 1.96. The zero-order chi connectivity index (χ0) is 8.39. The van der Waals surface area contributed by atoms with Gasteiger partial charge in [-0.15, -0.1) is 0 Å². The zero-order valence-corrected chi connectivity index (χ0v) is 7.61. The summed E-state index contributed by atoms with van der Waals surface area (Å²) in [5.74, 6) is 0. The highest BCUT2D eigenvalue weighted by molar-refractivity contribution is 5.27. The molecule has 1 aliphatic rings. The van der Waals surface area contributed by atoms with Crippen molar-refractivity contribution < 1.29 is 0 Å². The fraction of sp³-hybridized carbons (Fsp3) is 0.600. The second-order valence-corrected chi connectivity index (χ2v) is 3.54. The van der Waals surface area contributed by atoms with Gasteiger partial charge in [0.25, 0.3) is 0 Å². The molecular formula is C10H16N2. The van der Waals surface area contributed by atoms with Gasteiger partial charge in [-0.1, -0.05) is 0 Å². The van der Waals surface area contributed by atoms with E-state index in [0.717, 1.165) is 6.54 Å². The Morgan fingerprint density at radius 2 is 2.25 bits per heavy atom. The molecule has 2 rings (SSSR count). The summed E-state index contributed by atoms with van der Waals surface area (Å²) in [6, 6.07) is 2.31. The van der Waals surface area contributed by atoms with Gasteiger partial charge in [-0.05, 0) is 44.4 Å². The molecule has 0 fully saturated rings. The lowest BCUT2D eigenvalue weighted by atomic mass is 9.98. The number of fused-ring (bicyclic) bond motifs is 1. The van der Waals surface area contributed by atoms with Gasteiger partial charge >= 0.3 is 0 Å². The average molecular weight is 164 g/mol. The van der Waals surface area contributed by atoms with Crippen LogP contribution in [0.2, 0.25) is 0 Å². The zero-order valence-electron chi connectivity index (χ0n) is 7.61. The van der Waals surface area contributed by atoms with E-state index in [1.165, 1.54) is 37.1 Å². The summed E-state index contributed by atoms with van der Waals surface area (Å²) < 4.78 is 0. The molecule has 1 aromatic heterocycles. The van der Waals surface area contributed by atoms with Crippen LogP contribution in [0.4, 0.5) is 0 Å². The minimum Gasteiger partial charge on any atom is -0.361 e. The summed E-state index contributed by atoms with van der Waals surface area (Å²) in [4.78, 5) is 3.47. The van der Waals surface area contributed by atoms with Gasteiger partial charge in [0.05, 0.1) is 0 Å². The Kier molecular flexibility index (Phi) is 2.17. The molecule has 2 heteroatoms. The maximum absolute atomic E-state index is 3.47. The SMILES string of the molecule is CNCc1cc2c([nH]1)CCCC2. The summed E-state index contributed by atoms with van der Waals surface area (Å²) in [5, 5.41) is 3.16. The maximum atomic E-state index is 3.47. The van der Waals surface area contributed by atoms with E-state index in [1.807, 2.05) is 7.05 Å². The molecule has 12 heavy (non-hydrogen) atoms. The minimum absolute atomic E-state index is 0.965. The van der Waals surface area contributed by atoms with Crippen molar-refractivity contribution in [1.82, 2.24) is 10.3 Å². The van der Waals surface area contributed by atoms with Gasteiger partial charge in [-0.25, -0.2) is 0 Å². The van der Waals surface area contributed by atoms with Crippen LogP contribution in [0.15, 0.2) is 6.07 Å². The van der Waals surface area contributed by atoms with Crippen LogP contribution in [0.1, 0.15) is 29.8 Å². The van der Waals surface area contributed by atoms with Crippen molar-refractivity contribution in [3.05, 3.63) is 23.0 Å². The first kappa shape index (κ1) is 7.87. The largest absolute Gasteiger partial charge is 0.361 e. The normalized spacial score (nSPS) is 16.1. The molecule has 0 saturated heterocycles. The van der Waals surface area contributed by atoms with Crippen LogP contribution in [-0.2, 0) is 19.4 Å². The van der Waals surface area contributed by atoms with Crippen molar-refractivity contribution in [1.29, 1.82) is 0 Å². The third-order valence-electron chi connectivity index (χ3n) is 2.54. The third-order valence-corrected chi connectivity index (χ3v) is 2.54. The van der Waals surface area contributed by atoms with Crippen LogP contribution in [-0.4, -0.2) is 12.0 Å². The minimum atomic E-state index is 0.965. The standard InChI is InChI=1S/C10H16N2/c1-11-7-9-6-8-4-2-3-5-10(8)12-9/h6,11-12H,2-5,7H2,1H3. The lowest BCUT2D eigenvalue weighted by molar-refractivity contribution is 0.675. The molecule has 0 radical (unpaired) electrons. The monoisotopic (exact) mass is 164 g/mol. The lowest BCUT2D eigenvalue weighted by Gasteiger charge is -2.09. The smallest absolute Gasteiger partial charge is 0.0355 e. The molecule has 0 atom stereocenters. The number of aromatic amines is 1. The molecule has 1 aromatic rings. The topological polar surface area (TPSA) is 27.8 Å². The number of aryl methyl sites for hydroxylation is 2. The third kappa shape index (κ3) is 1.39. The van der Waals surface area contributed by atoms with Crippen LogP contribution in [0, 0.1) is 0 Å². The van der Waals surface area contributed by atoms with E-state index < -0.39 is 0 Å². The van der Waals surface area contributed by atoms with E-state index in [1.54, 1.807) is 5.56 Å². The van der Waals surface area contributed by atoms with Crippen molar-refractivity contribution in [2.45, 2.75) is 32.2 Å². The van der Waals surface area contributed by atoms with Crippen molar-refractivity contribution in [3.8, 4) is 0 Å². The highest BCUT2D eigenvalue weighted by Crippen LogP contribution is 2.21. The van der Waals surface area contributed by atoms with E-state index in [-0.39, 0.29) is 0 Å². The van der Waals surface area contributed by atoms with Crippen LogP contribution in [0.5, 0.6) is 0 Å². The van der Waals surface area contributed by atoms with E-state index in [2.05, 4.69) is 16.4 Å². The van der Waals surface area contributed by atoms with Gasteiger partial charge in [0.1, 0.15) is 0 Å². The molecule has 0 aliphatic heterocycles. The molecule has 0 amide bonds. The quantitative estimate of drug-likeness (QED) is 0.683. The number of aromatic nitrogens is 1. The summed E-state index contributed by atoms with van der Waals surface area (Å²) in [6.45, 7) is 0.965. The Morgan fingerprint density at radius 1 is 1.42 bits per heavy atom. The van der Waals surface area contributed by atoms with Crippen molar-refractivity contribution >= 4 is 0 Å². The second kappa shape index (κ2) is 3.31. The predicted octanol–water partition coefficient (Wildman–Crippen LogP) is 1.61. The number of rotatable bonds is 2. The van der Waals surface area contributed by atoms with Gasteiger partial charge in [-0.3, -0.25) is 0 Å². The molecule has 2 nitrogen and oxygen atoms in total. The van der Waals surface area contributed by atoms with Gasteiger partial charge in [-0.2, -0.15) is 0 Å². The molecule has 66 valence electrons. The Labute approximate surface area is 73.4 Å². The van der Waals surface area contributed by atoms with Crippen LogP contribution in [0.3, 0.4) is 0 Å². The molecular weight excluding hydrogens is 148 g/mol. The fourth-order valence-electron chi connectivity index (χ4n) is 1.96. The number of hydrogen-bond acceptors (Lipinski definition) is 1. The Morgan fingerprint density at radius 3 is 3.00 bits per heavy atom. The van der Waals surface area contributed by atoms with Crippen molar-refractivity contribution in [2.24, 2.45) is 0 Å². The first-order valence-corrected chi connectivity index (χ1v) is 4.74. The molecule has 0 aromatic carbocycles. The number of nitrogens with one attached hydrogen (secondary N) is 2. The van der Waals surface area contributed by atoms with E-state index in [0.29, 0.717) is 0 Å². The van der Waals surface area contributed by atoms with E-state index in [4.69, 9.17) is 0 Å². The molecule has 0 spiro atoms. The molecule has 0 unspecified atom stereocenters. The lowest BCUT2D eigenvalue weighted by Crippen LogP contribution is -2.05. The number of hydrogen-bond donors (Lipinski definition) is 2. The molecule has 0 bridgehead atoms. The Bertz CT molecular complexity index is 239. The van der Waals surface area contributed by atoms with Gasteiger partial charge in [0, 0.05) is 17.9 Å². The summed E-state index contributed by atoms with van der Waals surface area (Å²) in [6.07, 6.45) is 5.24. The van der Waals surface area contributed by atoms with Crippen LogP contribution < -0.4 is 5.32 Å². The van der Waals surface area contributed by atoms with Gasteiger partial charge in [0.2, 0.25) is 0 Å². The first-order chi connectivity index (χ1) is 5.90. The van der Waals surface area contributed by atoms with Crippen LogP contribution >= 0.6 is 0 Å². The summed E-state index contributed by atoms with van der Waals surface area (Å²) in [7, 11) is 1.99. The predicted molar refractivity (Wildman–Crippen MR) is 50.2 cm³/mol. The van der Waals surface area contributed by atoms with Crippen LogP contribution in [0.25, 0.3) is 0 Å². The maximum Gasteiger partial charge on any atom is 0.0355 e. The molecule has 1 aliphatic carbocycles. The first-order valence-electron chi connectivity index (χ1n) is 4.74. The molecule has 0 saturated carbocycles. The highest BCUT2D eigenvalue weighted by atomic mass is 14.9. The Balaban J connectivity index is 2.20. The van der Waals surface area contributed by atoms with Crippen molar-refractivity contribution in [3.63, 3.8) is 0 Å². The number of H-pyrrole nitrogens is 1. The summed E-state index contributed by atoms with van der Waals surface area (Å²) in [5.41, 5.74) is 4.36. The van der Waals surface area contributed by atoms with E-state index >= 15 is 0 Å². The molecule has 1 heterocycles. The average Bonchev–Trinajstić information content (AvgIpc) is 2.47.